The monoisotopic (exact) mass is 312 g/mol. The highest BCUT2D eigenvalue weighted by molar-refractivity contribution is 7.92. The van der Waals surface area contributed by atoms with E-state index in [1.165, 1.54) is 23.3 Å². The molecular weight excluding hydrogens is 296 g/mol. The molecule has 0 bridgehead atoms. The van der Waals surface area contributed by atoms with Crippen LogP contribution in [-0.2, 0) is 21.8 Å². The van der Waals surface area contributed by atoms with Crippen LogP contribution in [0.3, 0.4) is 0 Å². The van der Waals surface area contributed by atoms with Crippen molar-refractivity contribution in [1.82, 2.24) is 14.5 Å². The van der Waals surface area contributed by atoms with Gasteiger partial charge in [0.05, 0.1) is 18.6 Å². The van der Waals surface area contributed by atoms with Gasteiger partial charge in [0.1, 0.15) is 5.56 Å². The smallest absolute Gasteiger partial charge is 0.342 e. The van der Waals surface area contributed by atoms with Gasteiger partial charge in [-0.3, -0.25) is 4.72 Å². The maximum Gasteiger partial charge on any atom is 0.342 e. The van der Waals surface area contributed by atoms with Gasteiger partial charge in [0, 0.05) is 25.1 Å². The molecule has 0 saturated heterocycles. The van der Waals surface area contributed by atoms with Crippen LogP contribution in [0, 0.1) is 6.92 Å². The van der Waals surface area contributed by atoms with E-state index in [0.717, 1.165) is 0 Å². The zero-order valence-electron chi connectivity index (χ0n) is 11.9. The molecule has 0 unspecified atom stereocenters. The van der Waals surface area contributed by atoms with Crippen molar-refractivity contribution >= 4 is 21.7 Å². The van der Waals surface area contributed by atoms with Gasteiger partial charge < -0.3 is 14.3 Å². The summed E-state index contributed by atoms with van der Waals surface area (Å²) in [6.45, 7) is 3.54. The minimum Gasteiger partial charge on any atom is -0.462 e. The molecule has 0 spiro atoms. The Morgan fingerprint density at radius 2 is 2.24 bits per heavy atom. The number of hydrogen-bond donors (Lipinski definition) is 2. The van der Waals surface area contributed by atoms with E-state index in [1.54, 1.807) is 20.9 Å². The number of carbonyl (C=O) groups is 1. The Hall–Kier alpha value is -2.29. The van der Waals surface area contributed by atoms with Crippen molar-refractivity contribution in [3.05, 3.63) is 30.0 Å². The topological polar surface area (TPSA) is 106 Å². The largest absolute Gasteiger partial charge is 0.462 e. The molecule has 2 rings (SSSR count). The summed E-state index contributed by atoms with van der Waals surface area (Å²) >= 11 is 0. The number of sulfonamides is 1. The summed E-state index contributed by atoms with van der Waals surface area (Å²) in [6, 6.07) is 0. The lowest BCUT2D eigenvalue weighted by molar-refractivity contribution is 0.0527. The number of aryl methyl sites for hydroxylation is 2. The van der Waals surface area contributed by atoms with E-state index in [9.17, 15) is 13.2 Å². The van der Waals surface area contributed by atoms with Crippen LogP contribution in [0.4, 0.5) is 5.69 Å². The van der Waals surface area contributed by atoms with Crippen molar-refractivity contribution < 1.29 is 17.9 Å². The SMILES string of the molecule is CCOC(=O)c1c(NS(=O)(=O)c2cn(C)cn2)c[nH]c1C. The van der Waals surface area contributed by atoms with E-state index in [1.807, 2.05) is 0 Å². The molecule has 0 amide bonds. The van der Waals surface area contributed by atoms with E-state index in [2.05, 4.69) is 14.7 Å². The molecule has 8 nitrogen and oxygen atoms in total. The van der Waals surface area contributed by atoms with Crippen LogP contribution < -0.4 is 4.72 Å². The second-order valence-electron chi connectivity index (χ2n) is 4.41. The summed E-state index contributed by atoms with van der Waals surface area (Å²) < 4.78 is 33.2. The van der Waals surface area contributed by atoms with Gasteiger partial charge in [-0.25, -0.2) is 9.78 Å². The minimum absolute atomic E-state index is 0.126. The zero-order valence-corrected chi connectivity index (χ0v) is 12.7. The third-order valence-electron chi connectivity index (χ3n) is 2.76. The number of anilines is 1. The third kappa shape index (κ3) is 3.07. The summed E-state index contributed by atoms with van der Waals surface area (Å²) in [7, 11) is -2.20. The molecule has 0 atom stereocenters. The van der Waals surface area contributed by atoms with Gasteiger partial charge in [0.2, 0.25) is 0 Å². The zero-order chi connectivity index (χ0) is 15.6. The first kappa shape index (κ1) is 15.1. The van der Waals surface area contributed by atoms with Gasteiger partial charge >= 0.3 is 5.97 Å². The van der Waals surface area contributed by atoms with Gasteiger partial charge in [-0.1, -0.05) is 0 Å². The van der Waals surface area contributed by atoms with Crippen molar-refractivity contribution in [2.75, 3.05) is 11.3 Å². The Morgan fingerprint density at radius 3 is 2.81 bits per heavy atom. The molecule has 0 fully saturated rings. The van der Waals surface area contributed by atoms with Crippen LogP contribution >= 0.6 is 0 Å². The number of esters is 1. The Bertz CT molecular complexity index is 760. The van der Waals surface area contributed by atoms with Gasteiger partial charge in [0.25, 0.3) is 10.0 Å². The fourth-order valence-electron chi connectivity index (χ4n) is 1.80. The fraction of sp³-hybridized carbons (Fsp3) is 0.333. The third-order valence-corrected chi connectivity index (χ3v) is 4.01. The maximum atomic E-state index is 12.2. The average Bonchev–Trinajstić information content (AvgIpc) is 2.97. The molecule has 0 aliphatic carbocycles. The molecule has 0 aliphatic heterocycles. The molecule has 0 saturated carbocycles. The van der Waals surface area contributed by atoms with Crippen molar-refractivity contribution in [2.45, 2.75) is 18.9 Å². The standard InChI is InChI=1S/C12H16N4O4S/c1-4-20-12(17)11-8(2)13-5-9(11)15-21(18,19)10-6-16(3)7-14-10/h5-7,13,15H,4H2,1-3H3. The Kier molecular flexibility index (Phi) is 4.03. The number of aromatic amines is 1. The first-order valence-electron chi connectivity index (χ1n) is 6.21. The predicted octanol–water partition coefficient (Wildman–Crippen LogP) is 1.03. The minimum atomic E-state index is -3.86. The molecule has 2 aromatic heterocycles. The first-order chi connectivity index (χ1) is 9.85. The Labute approximate surface area is 122 Å². The predicted molar refractivity (Wildman–Crippen MR) is 75.5 cm³/mol. The van der Waals surface area contributed by atoms with Crippen molar-refractivity contribution in [1.29, 1.82) is 0 Å². The number of ether oxygens (including phenoxy) is 1. The van der Waals surface area contributed by atoms with Crippen molar-refractivity contribution in [2.24, 2.45) is 7.05 Å². The molecule has 0 aliphatic rings. The molecule has 0 radical (unpaired) electrons. The lowest BCUT2D eigenvalue weighted by Gasteiger charge is -2.07. The molecule has 114 valence electrons. The van der Waals surface area contributed by atoms with Crippen LogP contribution in [0.2, 0.25) is 0 Å². The second-order valence-corrected chi connectivity index (χ2v) is 6.03. The average molecular weight is 312 g/mol. The molecule has 0 aromatic carbocycles. The Balaban J connectivity index is 2.34. The van der Waals surface area contributed by atoms with E-state index < -0.39 is 16.0 Å². The number of carbonyl (C=O) groups excluding carboxylic acids is 1. The van der Waals surface area contributed by atoms with E-state index in [4.69, 9.17) is 4.74 Å². The van der Waals surface area contributed by atoms with Crippen LogP contribution in [0.25, 0.3) is 0 Å². The molecule has 2 aromatic rings. The molecule has 2 heterocycles. The second kappa shape index (κ2) is 5.60. The van der Waals surface area contributed by atoms with Crippen LogP contribution in [0.15, 0.2) is 23.7 Å². The molecular formula is C12H16N4O4S. The van der Waals surface area contributed by atoms with Gasteiger partial charge in [-0.2, -0.15) is 8.42 Å². The molecule has 2 N–H and O–H groups in total. The van der Waals surface area contributed by atoms with Crippen LogP contribution in [-0.4, -0.2) is 35.5 Å². The first-order valence-corrected chi connectivity index (χ1v) is 7.69. The van der Waals surface area contributed by atoms with E-state index >= 15 is 0 Å². The summed E-state index contributed by atoms with van der Waals surface area (Å²) in [6.07, 6.45) is 4.15. The van der Waals surface area contributed by atoms with Gasteiger partial charge in [0.15, 0.2) is 5.03 Å². The quantitative estimate of drug-likeness (QED) is 0.802. The van der Waals surface area contributed by atoms with Crippen LogP contribution in [0.5, 0.6) is 0 Å². The number of imidazole rings is 1. The highest BCUT2D eigenvalue weighted by Gasteiger charge is 2.23. The van der Waals surface area contributed by atoms with Crippen molar-refractivity contribution in [3.63, 3.8) is 0 Å². The van der Waals surface area contributed by atoms with Crippen molar-refractivity contribution in [3.8, 4) is 0 Å². The number of nitrogens with zero attached hydrogens (tertiary/aromatic N) is 2. The van der Waals surface area contributed by atoms with Gasteiger partial charge in [-0.05, 0) is 13.8 Å². The highest BCUT2D eigenvalue weighted by atomic mass is 32.2. The Morgan fingerprint density at radius 1 is 1.52 bits per heavy atom. The number of rotatable bonds is 5. The van der Waals surface area contributed by atoms with Gasteiger partial charge in [-0.15, -0.1) is 0 Å². The normalized spacial score (nSPS) is 11.4. The maximum absolute atomic E-state index is 12.2. The number of H-pyrrole nitrogens is 1. The highest BCUT2D eigenvalue weighted by Crippen LogP contribution is 2.23. The summed E-state index contributed by atoms with van der Waals surface area (Å²) in [5.74, 6) is -0.588. The molecule has 21 heavy (non-hydrogen) atoms. The summed E-state index contributed by atoms with van der Waals surface area (Å²) in [5.41, 5.74) is 0.820. The van der Waals surface area contributed by atoms with Crippen LogP contribution in [0.1, 0.15) is 23.0 Å². The van der Waals surface area contributed by atoms with E-state index in [-0.39, 0.29) is 22.9 Å². The lowest BCUT2D eigenvalue weighted by atomic mass is 10.2. The summed E-state index contributed by atoms with van der Waals surface area (Å²) in [4.78, 5) is 18.5. The number of aromatic nitrogens is 3. The summed E-state index contributed by atoms with van der Waals surface area (Å²) in [5, 5.41) is -0.126. The number of nitrogens with one attached hydrogen (secondary N) is 2. The fourth-order valence-corrected chi connectivity index (χ4v) is 2.84. The molecule has 9 heteroatoms. The van der Waals surface area contributed by atoms with E-state index in [0.29, 0.717) is 5.69 Å². The lowest BCUT2D eigenvalue weighted by Crippen LogP contribution is -2.16. The number of hydrogen-bond acceptors (Lipinski definition) is 5.